The van der Waals surface area contributed by atoms with Crippen LogP contribution in [-0.2, 0) is 15.1 Å². The molecule has 1 aromatic carbocycles. The van der Waals surface area contributed by atoms with Gasteiger partial charge in [0.1, 0.15) is 6.10 Å². The summed E-state index contributed by atoms with van der Waals surface area (Å²) in [6.45, 7) is 1.98. The van der Waals surface area contributed by atoms with Crippen molar-refractivity contribution in [1.82, 2.24) is 4.90 Å². The third kappa shape index (κ3) is 4.35. The normalized spacial score (nSPS) is 29.9. The number of nitrogens with zero attached hydrogens (tertiary/aromatic N) is 1. The van der Waals surface area contributed by atoms with Gasteiger partial charge >= 0.3 is 5.97 Å². The van der Waals surface area contributed by atoms with Gasteiger partial charge < -0.3 is 14.7 Å². The summed E-state index contributed by atoms with van der Waals surface area (Å²) in [4.78, 5) is 15.7. The molecule has 3 aliphatic rings. The van der Waals surface area contributed by atoms with Crippen LogP contribution in [0.5, 0.6) is 0 Å². The Labute approximate surface area is 180 Å². The van der Waals surface area contributed by atoms with E-state index in [1.54, 1.807) is 0 Å². The molecular weight excluding hydrogens is 397 g/mol. The van der Waals surface area contributed by atoms with Gasteiger partial charge in [-0.1, -0.05) is 49.6 Å². The lowest BCUT2D eigenvalue weighted by Gasteiger charge is -2.46. The van der Waals surface area contributed by atoms with Gasteiger partial charge in [0.15, 0.2) is 5.60 Å². The van der Waals surface area contributed by atoms with Crippen molar-refractivity contribution in [3.63, 3.8) is 0 Å². The van der Waals surface area contributed by atoms with Crippen LogP contribution in [0.1, 0.15) is 50.5 Å². The Morgan fingerprint density at radius 3 is 2.14 bits per heavy atom. The maximum absolute atomic E-state index is 13.3. The number of rotatable bonds is 4. The topological polar surface area (TPSA) is 49.8 Å². The number of esters is 1. The van der Waals surface area contributed by atoms with E-state index in [1.807, 2.05) is 30.3 Å². The molecule has 1 saturated heterocycles. The Bertz CT molecular complexity index is 624. The molecule has 1 N–H and O–H groups in total. The van der Waals surface area contributed by atoms with Gasteiger partial charge in [-0.3, -0.25) is 0 Å². The van der Waals surface area contributed by atoms with Crippen LogP contribution in [0, 0.1) is 17.8 Å². The second kappa shape index (κ2) is 9.80. The maximum atomic E-state index is 13.3. The van der Waals surface area contributed by atoms with E-state index in [0.29, 0.717) is 17.4 Å². The van der Waals surface area contributed by atoms with Crippen LogP contribution < -0.4 is 0 Å². The van der Waals surface area contributed by atoms with Crippen molar-refractivity contribution in [2.24, 2.45) is 17.8 Å². The number of fused-ring (bicyclic) bond motifs is 2. The zero-order valence-corrected chi connectivity index (χ0v) is 18.2. The lowest BCUT2D eigenvalue weighted by Crippen LogP contribution is -2.54. The van der Waals surface area contributed by atoms with Crippen molar-refractivity contribution < 1.29 is 14.6 Å². The Morgan fingerprint density at radius 1 is 1.00 bits per heavy atom. The number of benzene rings is 1. The number of aliphatic hydroxyl groups is 1. The number of halogens is 2. The van der Waals surface area contributed by atoms with E-state index < -0.39 is 11.6 Å². The summed E-state index contributed by atoms with van der Waals surface area (Å²) in [5, 5.41) is 11.6. The Balaban J connectivity index is 0.00000140. The molecule has 2 bridgehead atoms. The summed E-state index contributed by atoms with van der Waals surface area (Å²) >= 11 is 0. The third-order valence-corrected chi connectivity index (χ3v) is 6.89. The Hall–Kier alpha value is -0.810. The van der Waals surface area contributed by atoms with Gasteiger partial charge in [0.05, 0.1) is 0 Å². The minimum atomic E-state index is -1.50. The quantitative estimate of drug-likeness (QED) is 0.729. The van der Waals surface area contributed by atoms with Crippen LogP contribution in [-0.4, -0.2) is 42.2 Å². The highest BCUT2D eigenvalue weighted by molar-refractivity contribution is 5.85. The first kappa shape index (κ1) is 23.5. The van der Waals surface area contributed by atoms with Crippen molar-refractivity contribution in [1.29, 1.82) is 0 Å². The van der Waals surface area contributed by atoms with Crippen LogP contribution in [0.15, 0.2) is 30.3 Å². The van der Waals surface area contributed by atoms with Gasteiger partial charge in [-0.15, -0.1) is 24.8 Å². The van der Waals surface area contributed by atoms with Crippen molar-refractivity contribution in [2.45, 2.75) is 56.7 Å². The van der Waals surface area contributed by atoms with Gasteiger partial charge in [0, 0.05) is 30.8 Å². The van der Waals surface area contributed by atoms with E-state index in [0.717, 1.165) is 51.6 Å². The fourth-order valence-corrected chi connectivity index (χ4v) is 5.58. The van der Waals surface area contributed by atoms with Crippen molar-refractivity contribution in [2.75, 3.05) is 20.1 Å². The van der Waals surface area contributed by atoms with Gasteiger partial charge in [0.25, 0.3) is 0 Å². The fourth-order valence-electron chi connectivity index (χ4n) is 5.58. The van der Waals surface area contributed by atoms with Crippen LogP contribution >= 0.6 is 24.8 Å². The zero-order chi connectivity index (χ0) is 18.1. The van der Waals surface area contributed by atoms with Crippen LogP contribution in [0.3, 0.4) is 0 Å². The van der Waals surface area contributed by atoms with E-state index in [9.17, 15) is 9.90 Å². The van der Waals surface area contributed by atoms with Gasteiger partial charge in [-0.25, -0.2) is 4.79 Å². The average Bonchev–Trinajstić information content (AvgIpc) is 3.17. The molecular formula is C22H33Cl2NO3. The van der Waals surface area contributed by atoms with E-state index in [-0.39, 0.29) is 36.8 Å². The van der Waals surface area contributed by atoms with E-state index in [4.69, 9.17) is 4.74 Å². The van der Waals surface area contributed by atoms with E-state index >= 15 is 0 Å². The number of hydrogen-bond donors (Lipinski definition) is 1. The molecule has 3 fully saturated rings. The highest BCUT2D eigenvalue weighted by Crippen LogP contribution is 2.43. The minimum Gasteiger partial charge on any atom is -0.459 e. The Kier molecular flexibility index (Phi) is 8.21. The molecule has 3 unspecified atom stereocenters. The minimum absolute atomic E-state index is 0. The predicted octanol–water partition coefficient (Wildman–Crippen LogP) is 4.18. The lowest BCUT2D eigenvalue weighted by molar-refractivity contribution is -0.191. The molecule has 2 saturated carbocycles. The molecule has 3 atom stereocenters. The summed E-state index contributed by atoms with van der Waals surface area (Å²) in [5.74, 6) is 0.352. The number of piperidine rings is 1. The molecule has 6 heteroatoms. The number of hydrogen-bond acceptors (Lipinski definition) is 4. The molecule has 0 spiro atoms. The molecule has 0 radical (unpaired) electrons. The third-order valence-electron chi connectivity index (χ3n) is 6.89. The monoisotopic (exact) mass is 429 g/mol. The smallest absolute Gasteiger partial charge is 0.343 e. The molecule has 1 aromatic rings. The van der Waals surface area contributed by atoms with Crippen LogP contribution in [0.4, 0.5) is 0 Å². The van der Waals surface area contributed by atoms with Crippen molar-refractivity contribution in [3.05, 3.63) is 35.9 Å². The van der Waals surface area contributed by atoms with Crippen LogP contribution in [0.25, 0.3) is 0 Å². The first-order valence-electron chi connectivity index (χ1n) is 10.3. The molecule has 4 nitrogen and oxygen atoms in total. The van der Waals surface area contributed by atoms with Crippen molar-refractivity contribution in [3.8, 4) is 0 Å². The average molecular weight is 430 g/mol. The number of carbonyl (C=O) groups is 1. The number of likely N-dealkylation sites (tertiary alicyclic amines) is 1. The van der Waals surface area contributed by atoms with Gasteiger partial charge in [-0.2, -0.15) is 0 Å². The lowest BCUT2D eigenvalue weighted by atomic mass is 9.75. The number of ether oxygens (including phenoxy) is 1. The van der Waals surface area contributed by atoms with E-state index in [1.165, 1.54) is 6.42 Å². The zero-order valence-electron chi connectivity index (χ0n) is 16.6. The van der Waals surface area contributed by atoms with Gasteiger partial charge in [-0.05, 0) is 38.3 Å². The highest BCUT2D eigenvalue weighted by atomic mass is 35.5. The number of carbonyl (C=O) groups excluding carboxylic acids is 1. The molecule has 1 aliphatic heterocycles. The molecule has 158 valence electrons. The van der Waals surface area contributed by atoms with Crippen LogP contribution in [0.2, 0.25) is 0 Å². The largest absolute Gasteiger partial charge is 0.459 e. The summed E-state index contributed by atoms with van der Waals surface area (Å²) in [5.41, 5.74) is -0.815. The summed E-state index contributed by atoms with van der Waals surface area (Å²) in [7, 11) is 2.15. The summed E-state index contributed by atoms with van der Waals surface area (Å²) in [6, 6.07) is 9.45. The fraction of sp³-hybridized carbons (Fsp3) is 0.682. The molecule has 0 amide bonds. The molecule has 0 aromatic heterocycles. The molecule has 1 heterocycles. The van der Waals surface area contributed by atoms with Gasteiger partial charge in [0.2, 0.25) is 0 Å². The second-order valence-electron chi connectivity index (χ2n) is 8.66. The van der Waals surface area contributed by atoms with E-state index in [2.05, 4.69) is 11.9 Å². The van der Waals surface area contributed by atoms with Crippen molar-refractivity contribution >= 4 is 30.8 Å². The SMILES string of the molecule is CN1CC2CCCC(C1)C2OC(=O)C(O)(c1ccccc1)C1CCCC1.Cl.Cl. The summed E-state index contributed by atoms with van der Waals surface area (Å²) in [6.07, 6.45) is 7.35. The Morgan fingerprint density at radius 2 is 1.57 bits per heavy atom. The first-order chi connectivity index (χ1) is 12.6. The first-order valence-corrected chi connectivity index (χ1v) is 10.3. The standard InChI is InChI=1S/C22H31NO3.2ClH/c1-23-14-16-8-7-9-17(15-23)20(16)26-21(24)22(25,19-12-5-6-13-19)18-10-3-2-4-11-18;;/h2-4,10-11,16-17,19-20,25H,5-9,12-15H2,1H3;2*1H. The predicted molar refractivity (Wildman–Crippen MR) is 115 cm³/mol. The summed E-state index contributed by atoms with van der Waals surface area (Å²) < 4.78 is 6.12. The molecule has 4 rings (SSSR count). The maximum Gasteiger partial charge on any atom is 0.343 e. The molecule has 28 heavy (non-hydrogen) atoms. The highest BCUT2D eigenvalue weighted by Gasteiger charge is 2.50. The molecule has 2 aliphatic carbocycles. The second-order valence-corrected chi connectivity index (χ2v) is 8.66.